The molecule has 110 valence electrons. The van der Waals surface area contributed by atoms with Gasteiger partial charge in [-0.1, -0.05) is 18.2 Å². The molecule has 1 aromatic carbocycles. The van der Waals surface area contributed by atoms with Gasteiger partial charge in [0.15, 0.2) is 0 Å². The van der Waals surface area contributed by atoms with Crippen LogP contribution in [0.1, 0.15) is 42.7 Å². The number of aryl methyl sites for hydroxylation is 1. The molecule has 21 heavy (non-hydrogen) atoms. The summed E-state index contributed by atoms with van der Waals surface area (Å²) in [7, 11) is 2.29. The van der Waals surface area contributed by atoms with Crippen molar-refractivity contribution in [2.45, 2.75) is 44.1 Å². The van der Waals surface area contributed by atoms with Crippen molar-refractivity contribution < 1.29 is 0 Å². The van der Waals surface area contributed by atoms with E-state index in [0.29, 0.717) is 0 Å². The zero-order chi connectivity index (χ0) is 14.2. The molecule has 2 aromatic rings. The van der Waals surface area contributed by atoms with Gasteiger partial charge in [0.05, 0.1) is 0 Å². The fraction of sp³-hybridized carbons (Fsp3) is 0.500. The Kier molecular flexibility index (Phi) is 3.56. The standard InChI is InChI=1S/C18H22N2S/c1-20-8-2-3-17(20)9-15-7-5-13-4-6-14(10-18(13)15)16-11-19-21-12-16/h4,6,10-12,15,17H,2-3,5,7-9H2,1H3/t15?,17-/m1/s1. The van der Waals surface area contributed by atoms with Crippen LogP contribution in [0, 0.1) is 0 Å². The molecule has 0 saturated carbocycles. The molecule has 0 bridgehead atoms. The summed E-state index contributed by atoms with van der Waals surface area (Å²) in [5.74, 6) is 0.761. The summed E-state index contributed by atoms with van der Waals surface area (Å²) in [4.78, 5) is 2.56. The smallest absolute Gasteiger partial charge is 0.0485 e. The summed E-state index contributed by atoms with van der Waals surface area (Å²) in [6.07, 6.45) is 8.69. The van der Waals surface area contributed by atoms with Crippen molar-refractivity contribution >= 4 is 11.5 Å². The van der Waals surface area contributed by atoms with Gasteiger partial charge in [0.2, 0.25) is 0 Å². The lowest BCUT2D eigenvalue weighted by Crippen LogP contribution is -2.26. The van der Waals surface area contributed by atoms with Crippen LogP contribution in [0.2, 0.25) is 0 Å². The highest BCUT2D eigenvalue weighted by atomic mass is 32.1. The summed E-state index contributed by atoms with van der Waals surface area (Å²) >= 11 is 1.54. The fourth-order valence-electron chi connectivity index (χ4n) is 4.07. The van der Waals surface area contributed by atoms with E-state index in [-0.39, 0.29) is 0 Å². The third-order valence-corrected chi connectivity index (χ3v) is 5.93. The van der Waals surface area contributed by atoms with Crippen LogP contribution in [0.3, 0.4) is 0 Å². The highest BCUT2D eigenvalue weighted by Crippen LogP contribution is 2.40. The van der Waals surface area contributed by atoms with Gasteiger partial charge in [0, 0.05) is 23.2 Å². The van der Waals surface area contributed by atoms with Crippen LogP contribution >= 0.6 is 11.5 Å². The fourth-order valence-corrected chi connectivity index (χ4v) is 4.61. The lowest BCUT2D eigenvalue weighted by molar-refractivity contribution is 0.281. The van der Waals surface area contributed by atoms with Crippen LogP contribution in [0.5, 0.6) is 0 Å². The number of rotatable bonds is 3. The average molecular weight is 298 g/mol. The molecule has 1 aromatic heterocycles. The number of hydrogen-bond donors (Lipinski definition) is 0. The van der Waals surface area contributed by atoms with Crippen molar-refractivity contribution in [1.29, 1.82) is 0 Å². The minimum atomic E-state index is 0.761. The topological polar surface area (TPSA) is 16.1 Å². The van der Waals surface area contributed by atoms with Crippen molar-refractivity contribution in [3.8, 4) is 11.1 Å². The Morgan fingerprint density at radius 1 is 1.29 bits per heavy atom. The molecule has 2 aliphatic rings. The molecule has 0 spiro atoms. The second kappa shape index (κ2) is 5.54. The lowest BCUT2D eigenvalue weighted by Gasteiger charge is -2.23. The molecule has 0 amide bonds. The number of likely N-dealkylation sites (tertiary alicyclic amines) is 1. The van der Waals surface area contributed by atoms with Crippen molar-refractivity contribution in [2.75, 3.05) is 13.6 Å². The second-order valence-electron chi connectivity index (χ2n) is 6.57. The van der Waals surface area contributed by atoms with Gasteiger partial charge in [-0.2, -0.15) is 0 Å². The van der Waals surface area contributed by atoms with Gasteiger partial charge in [-0.05, 0) is 79.8 Å². The van der Waals surface area contributed by atoms with E-state index in [4.69, 9.17) is 0 Å². The summed E-state index contributed by atoms with van der Waals surface area (Å²) in [6.45, 7) is 1.28. The molecule has 2 nitrogen and oxygen atoms in total. The van der Waals surface area contributed by atoms with E-state index < -0.39 is 0 Å². The van der Waals surface area contributed by atoms with Gasteiger partial charge in [0.25, 0.3) is 0 Å². The average Bonchev–Trinajstić information content (AvgIpc) is 3.22. The summed E-state index contributed by atoms with van der Waals surface area (Å²) in [5, 5.41) is 2.15. The number of nitrogens with zero attached hydrogens (tertiary/aromatic N) is 2. The van der Waals surface area contributed by atoms with Gasteiger partial charge in [-0.15, -0.1) is 0 Å². The molecule has 1 unspecified atom stereocenters. The zero-order valence-electron chi connectivity index (χ0n) is 12.6. The Balaban J connectivity index is 1.59. The van der Waals surface area contributed by atoms with E-state index in [1.54, 1.807) is 11.1 Å². The predicted octanol–water partition coefficient (Wildman–Crippen LogP) is 4.32. The predicted molar refractivity (Wildman–Crippen MR) is 88.9 cm³/mol. The summed E-state index contributed by atoms with van der Waals surface area (Å²) in [6, 6.07) is 7.85. The van der Waals surface area contributed by atoms with E-state index in [9.17, 15) is 0 Å². The second-order valence-corrected chi connectivity index (χ2v) is 7.23. The molecule has 0 N–H and O–H groups in total. The van der Waals surface area contributed by atoms with Crippen LogP contribution in [-0.2, 0) is 6.42 Å². The van der Waals surface area contributed by atoms with Gasteiger partial charge < -0.3 is 4.90 Å². The largest absolute Gasteiger partial charge is 0.303 e. The number of aromatic nitrogens is 1. The van der Waals surface area contributed by atoms with Crippen LogP contribution < -0.4 is 0 Å². The first-order chi connectivity index (χ1) is 10.3. The van der Waals surface area contributed by atoms with Crippen LogP contribution in [0.4, 0.5) is 0 Å². The maximum absolute atomic E-state index is 4.24. The number of hydrogen-bond acceptors (Lipinski definition) is 3. The molecule has 3 heteroatoms. The van der Waals surface area contributed by atoms with Crippen molar-refractivity contribution in [1.82, 2.24) is 9.27 Å². The molecule has 2 heterocycles. The lowest BCUT2D eigenvalue weighted by atomic mass is 9.91. The molecule has 1 saturated heterocycles. The first kappa shape index (κ1) is 13.5. The van der Waals surface area contributed by atoms with E-state index in [1.807, 2.05) is 6.20 Å². The maximum Gasteiger partial charge on any atom is 0.0485 e. The third-order valence-electron chi connectivity index (χ3n) is 5.34. The van der Waals surface area contributed by atoms with E-state index >= 15 is 0 Å². The van der Waals surface area contributed by atoms with Gasteiger partial charge in [-0.3, -0.25) is 0 Å². The molecule has 4 rings (SSSR count). The van der Waals surface area contributed by atoms with Crippen molar-refractivity contribution in [3.63, 3.8) is 0 Å². The van der Waals surface area contributed by atoms with Gasteiger partial charge in [-0.25, -0.2) is 4.37 Å². The summed E-state index contributed by atoms with van der Waals surface area (Å²) in [5.41, 5.74) is 5.80. The Bertz CT molecular complexity index is 620. The zero-order valence-corrected chi connectivity index (χ0v) is 13.4. The van der Waals surface area contributed by atoms with Crippen molar-refractivity contribution in [2.24, 2.45) is 0 Å². The van der Waals surface area contributed by atoms with Crippen LogP contribution in [-0.4, -0.2) is 28.9 Å². The Morgan fingerprint density at radius 2 is 2.24 bits per heavy atom. The van der Waals surface area contributed by atoms with Crippen molar-refractivity contribution in [3.05, 3.63) is 40.9 Å². The SMILES string of the molecule is CN1CCC[C@@H]1CC1CCc2ccc(-c3cnsc3)cc21. The first-order valence-electron chi connectivity index (χ1n) is 8.04. The Labute approximate surface area is 131 Å². The molecular weight excluding hydrogens is 276 g/mol. The van der Waals surface area contributed by atoms with Crippen LogP contribution in [0.15, 0.2) is 29.8 Å². The van der Waals surface area contributed by atoms with E-state index in [1.165, 1.54) is 61.3 Å². The number of fused-ring (bicyclic) bond motifs is 1. The Morgan fingerprint density at radius 3 is 3.00 bits per heavy atom. The molecule has 2 atom stereocenters. The molecule has 1 aliphatic carbocycles. The molecule has 1 fully saturated rings. The van der Waals surface area contributed by atoms with E-state index in [2.05, 4.69) is 39.9 Å². The number of benzene rings is 1. The monoisotopic (exact) mass is 298 g/mol. The quantitative estimate of drug-likeness (QED) is 0.838. The van der Waals surface area contributed by atoms with Gasteiger partial charge >= 0.3 is 0 Å². The molecule has 1 aliphatic heterocycles. The first-order valence-corrected chi connectivity index (χ1v) is 8.88. The molecular formula is C18H22N2S. The van der Waals surface area contributed by atoms with Crippen LogP contribution in [0.25, 0.3) is 11.1 Å². The summed E-state index contributed by atoms with van der Waals surface area (Å²) < 4.78 is 4.24. The Hall–Kier alpha value is -1.19. The molecule has 0 radical (unpaired) electrons. The maximum atomic E-state index is 4.24. The minimum Gasteiger partial charge on any atom is -0.303 e. The minimum absolute atomic E-state index is 0.761. The van der Waals surface area contributed by atoms with E-state index in [0.717, 1.165) is 12.0 Å². The van der Waals surface area contributed by atoms with Gasteiger partial charge in [0.1, 0.15) is 0 Å². The third kappa shape index (κ3) is 2.53. The normalized spacial score (nSPS) is 25.4. The highest BCUT2D eigenvalue weighted by molar-refractivity contribution is 7.03. The highest BCUT2D eigenvalue weighted by Gasteiger charge is 2.29.